The van der Waals surface area contributed by atoms with E-state index in [4.69, 9.17) is 15.2 Å². The van der Waals surface area contributed by atoms with Crippen molar-refractivity contribution in [1.82, 2.24) is 20.2 Å². The van der Waals surface area contributed by atoms with E-state index >= 15 is 0 Å². The number of carbonyl (C=O) groups excluding carboxylic acids is 4. The molecule has 0 fully saturated rings. The number of primary amides is 1. The molecule has 49 heavy (non-hydrogen) atoms. The van der Waals surface area contributed by atoms with Crippen molar-refractivity contribution in [2.45, 2.75) is 79.1 Å². The van der Waals surface area contributed by atoms with Gasteiger partial charge in [0.05, 0.1) is 30.6 Å². The molecular formula is C38H45N5O6. The summed E-state index contributed by atoms with van der Waals surface area (Å²) in [5, 5.41) is 2.82. The van der Waals surface area contributed by atoms with Crippen LogP contribution in [0.2, 0.25) is 0 Å². The lowest BCUT2D eigenvalue weighted by molar-refractivity contribution is -0.136. The molecule has 4 aromatic rings. The van der Waals surface area contributed by atoms with Crippen LogP contribution in [-0.4, -0.2) is 57.3 Å². The van der Waals surface area contributed by atoms with E-state index in [-0.39, 0.29) is 18.7 Å². The number of nitrogens with two attached hydrogens (primary N) is 1. The first-order valence-electron chi connectivity index (χ1n) is 16.1. The number of imidazole rings is 1. The highest BCUT2D eigenvalue weighted by Crippen LogP contribution is 2.28. The third kappa shape index (κ3) is 9.13. The number of H-pyrrole nitrogens is 1. The van der Waals surface area contributed by atoms with Gasteiger partial charge in [-0.15, -0.1) is 0 Å². The van der Waals surface area contributed by atoms with Crippen LogP contribution in [0.1, 0.15) is 89.5 Å². The minimum absolute atomic E-state index is 0.0801. The number of aromatic amines is 1. The minimum atomic E-state index is -1.08. The van der Waals surface area contributed by atoms with Gasteiger partial charge in [0.2, 0.25) is 11.8 Å². The van der Waals surface area contributed by atoms with Gasteiger partial charge in [-0.05, 0) is 101 Å². The second kappa shape index (κ2) is 15.2. The summed E-state index contributed by atoms with van der Waals surface area (Å²) in [5.74, 6) is -0.195. The minimum Gasteiger partial charge on any atom is -0.496 e. The number of carbonyl (C=O) groups is 4. The molecule has 258 valence electrons. The number of methoxy groups -OCH3 is 1. The summed E-state index contributed by atoms with van der Waals surface area (Å²) in [6.07, 6.45) is 1.07. The van der Waals surface area contributed by atoms with Crippen molar-refractivity contribution >= 4 is 23.7 Å². The molecule has 11 heteroatoms. The Morgan fingerprint density at radius 3 is 2.22 bits per heavy atom. The van der Waals surface area contributed by atoms with Gasteiger partial charge in [0.15, 0.2) is 5.78 Å². The van der Waals surface area contributed by atoms with Crippen LogP contribution in [0.3, 0.4) is 0 Å². The van der Waals surface area contributed by atoms with Gasteiger partial charge in [-0.1, -0.05) is 36.4 Å². The third-order valence-electron chi connectivity index (χ3n) is 8.20. The van der Waals surface area contributed by atoms with Gasteiger partial charge >= 0.3 is 6.09 Å². The molecule has 0 saturated carbocycles. The number of Topliss-reactive ketones (excluding diaryl/α,β-unsaturated/α-hetero) is 1. The summed E-state index contributed by atoms with van der Waals surface area (Å²) in [7, 11) is 1.49. The van der Waals surface area contributed by atoms with E-state index in [0.29, 0.717) is 28.3 Å². The fourth-order valence-electron chi connectivity index (χ4n) is 5.70. The second-order valence-corrected chi connectivity index (χ2v) is 13.1. The molecule has 4 N–H and O–H groups in total. The number of nitrogens with zero attached hydrogens (tertiary/aromatic N) is 2. The Hall–Kier alpha value is -5.45. The molecule has 11 nitrogen and oxygen atoms in total. The largest absolute Gasteiger partial charge is 0.496 e. The molecule has 0 aliphatic rings. The Bertz CT molecular complexity index is 1820. The van der Waals surface area contributed by atoms with E-state index in [2.05, 4.69) is 15.3 Å². The summed E-state index contributed by atoms with van der Waals surface area (Å²) in [4.78, 5) is 62.1. The van der Waals surface area contributed by atoms with Crippen molar-refractivity contribution in [3.63, 3.8) is 0 Å². The van der Waals surface area contributed by atoms with Crippen molar-refractivity contribution < 1.29 is 28.7 Å². The summed E-state index contributed by atoms with van der Waals surface area (Å²) >= 11 is 0. The van der Waals surface area contributed by atoms with Crippen LogP contribution in [0.4, 0.5) is 4.79 Å². The molecule has 3 amide bonds. The normalized spacial score (nSPS) is 12.5. The first-order valence-corrected chi connectivity index (χ1v) is 16.1. The molecule has 1 heterocycles. The van der Waals surface area contributed by atoms with Gasteiger partial charge in [-0.25, -0.2) is 9.78 Å². The van der Waals surface area contributed by atoms with Gasteiger partial charge in [-0.2, -0.15) is 0 Å². The lowest BCUT2D eigenvalue weighted by Crippen LogP contribution is -2.51. The number of alkyl carbamates (subject to hydrolysis) is 1. The third-order valence-corrected chi connectivity index (χ3v) is 8.20. The van der Waals surface area contributed by atoms with Gasteiger partial charge in [0, 0.05) is 18.5 Å². The summed E-state index contributed by atoms with van der Waals surface area (Å²) in [6.45, 7) is 12.3. The number of hydrogen-bond donors (Lipinski definition) is 3. The summed E-state index contributed by atoms with van der Waals surface area (Å²) in [5.41, 5.74) is 10.1. The SMILES string of the molecule is COc1ccc(CN(C(=O)[C@H](Cc2c(C)cc(C(N)=O)cc2C)NC(=O)OC(C)(C)C)[C@@H](C)c2ncc(-c3ccccc3)[nH]2)cc1C(C)=O. The van der Waals surface area contributed by atoms with Crippen LogP contribution < -0.4 is 15.8 Å². The number of ether oxygens (including phenoxy) is 2. The molecule has 3 aromatic carbocycles. The molecule has 0 aliphatic carbocycles. The molecule has 0 aliphatic heterocycles. The quantitative estimate of drug-likeness (QED) is 0.151. The predicted octanol–water partition coefficient (Wildman–Crippen LogP) is 6.23. The van der Waals surface area contributed by atoms with E-state index in [9.17, 15) is 19.2 Å². The zero-order valence-electron chi connectivity index (χ0n) is 29.3. The topological polar surface area (TPSA) is 157 Å². The zero-order chi connectivity index (χ0) is 36.0. The molecular weight excluding hydrogens is 622 g/mol. The zero-order valence-corrected chi connectivity index (χ0v) is 29.3. The van der Waals surface area contributed by atoms with E-state index in [1.807, 2.05) is 51.1 Å². The standard InChI is InChI=1S/C38H45N5O6/c1-22-16-28(34(39)45)17-23(2)29(22)19-31(42-37(47)49-38(5,6)7)36(46)43(21-26-14-15-33(48-8)30(18-26)25(4)44)24(3)35-40-20-32(41-35)27-12-10-9-11-13-27/h9-18,20,24,31H,19,21H2,1-8H3,(H2,39,45)(H,40,41)(H,42,47)/t24-,31-/m0/s1. The predicted molar refractivity (Wildman–Crippen MR) is 187 cm³/mol. The number of hydrogen-bond acceptors (Lipinski definition) is 7. The number of nitrogens with one attached hydrogen (secondary N) is 2. The van der Waals surface area contributed by atoms with Gasteiger partial charge in [-0.3, -0.25) is 14.4 Å². The number of amides is 3. The van der Waals surface area contributed by atoms with Crippen molar-refractivity contribution in [2.24, 2.45) is 5.73 Å². The maximum atomic E-state index is 14.8. The highest BCUT2D eigenvalue weighted by Gasteiger charge is 2.33. The first-order chi connectivity index (χ1) is 23.1. The number of ketones is 1. The second-order valence-electron chi connectivity index (χ2n) is 13.1. The molecule has 0 saturated heterocycles. The van der Waals surface area contributed by atoms with Gasteiger partial charge in [0.25, 0.3) is 0 Å². The molecule has 0 spiro atoms. The first kappa shape index (κ1) is 36.4. The monoisotopic (exact) mass is 667 g/mol. The van der Waals surface area contributed by atoms with Gasteiger partial charge in [0.1, 0.15) is 23.2 Å². The molecule has 2 atom stereocenters. The number of benzene rings is 3. The van der Waals surface area contributed by atoms with E-state index in [0.717, 1.165) is 27.9 Å². The highest BCUT2D eigenvalue weighted by atomic mass is 16.6. The fraction of sp³-hybridized carbons (Fsp3) is 0.342. The van der Waals surface area contributed by atoms with Crippen molar-refractivity contribution in [1.29, 1.82) is 0 Å². The van der Waals surface area contributed by atoms with Crippen LogP contribution in [0.5, 0.6) is 5.75 Å². The Labute approximate surface area is 287 Å². The smallest absolute Gasteiger partial charge is 0.408 e. The highest BCUT2D eigenvalue weighted by molar-refractivity contribution is 5.97. The van der Waals surface area contributed by atoms with Crippen LogP contribution >= 0.6 is 0 Å². The molecule has 1 aromatic heterocycles. The Morgan fingerprint density at radius 1 is 1.00 bits per heavy atom. The van der Waals surface area contributed by atoms with Crippen LogP contribution in [0, 0.1) is 13.8 Å². The maximum Gasteiger partial charge on any atom is 0.408 e. The lowest BCUT2D eigenvalue weighted by Gasteiger charge is -2.33. The van der Waals surface area contributed by atoms with Crippen molar-refractivity contribution in [3.05, 3.63) is 106 Å². The summed E-state index contributed by atoms with van der Waals surface area (Å²) in [6, 6.07) is 16.6. The Kier molecular flexibility index (Phi) is 11.3. The molecule has 0 radical (unpaired) electrons. The van der Waals surface area contributed by atoms with E-state index < -0.39 is 35.6 Å². The van der Waals surface area contributed by atoms with Crippen LogP contribution in [0.15, 0.2) is 66.9 Å². The number of rotatable bonds is 12. The average molecular weight is 668 g/mol. The van der Waals surface area contributed by atoms with Crippen LogP contribution in [0.25, 0.3) is 11.3 Å². The van der Waals surface area contributed by atoms with E-state index in [1.165, 1.54) is 14.0 Å². The lowest BCUT2D eigenvalue weighted by atomic mass is 9.93. The van der Waals surface area contributed by atoms with Gasteiger partial charge < -0.3 is 30.4 Å². The Balaban J connectivity index is 1.80. The fourth-order valence-corrected chi connectivity index (χ4v) is 5.70. The number of aromatic nitrogens is 2. The number of aryl methyl sites for hydroxylation is 2. The van der Waals surface area contributed by atoms with Crippen LogP contribution in [-0.2, 0) is 22.5 Å². The average Bonchev–Trinajstić information content (AvgIpc) is 3.54. The Morgan fingerprint density at radius 2 is 1.65 bits per heavy atom. The maximum absolute atomic E-state index is 14.8. The summed E-state index contributed by atoms with van der Waals surface area (Å²) < 4.78 is 11.0. The molecule has 4 rings (SSSR count). The molecule has 0 bridgehead atoms. The van der Waals surface area contributed by atoms with E-state index in [1.54, 1.807) is 62.2 Å². The van der Waals surface area contributed by atoms with Crippen molar-refractivity contribution in [2.75, 3.05) is 7.11 Å². The van der Waals surface area contributed by atoms with Crippen molar-refractivity contribution in [3.8, 4) is 17.0 Å². The molecule has 0 unspecified atom stereocenters.